The van der Waals surface area contributed by atoms with Gasteiger partial charge >= 0.3 is 0 Å². The molecule has 0 aromatic carbocycles. The van der Waals surface area contributed by atoms with E-state index in [4.69, 9.17) is 4.74 Å². The second kappa shape index (κ2) is 2.49. The standard InChI is InChI=1S/C9H12O/c1-2-4-9-7-10-6-5-8(9)3-1/h5,7H,1-4,6H2. The Morgan fingerprint density at radius 3 is 2.70 bits per heavy atom. The minimum Gasteiger partial charge on any atom is -0.497 e. The summed E-state index contributed by atoms with van der Waals surface area (Å²) >= 11 is 0. The van der Waals surface area contributed by atoms with Crippen molar-refractivity contribution in [2.24, 2.45) is 0 Å². The second-order valence-electron chi connectivity index (χ2n) is 2.91. The van der Waals surface area contributed by atoms with E-state index < -0.39 is 0 Å². The molecule has 0 amide bonds. The number of hydrogen-bond donors (Lipinski definition) is 0. The Bertz CT molecular complexity index is 167. The quantitative estimate of drug-likeness (QED) is 0.497. The van der Waals surface area contributed by atoms with Crippen molar-refractivity contribution in [2.75, 3.05) is 6.61 Å². The first-order valence-electron chi connectivity index (χ1n) is 3.97. The molecule has 1 aliphatic heterocycles. The van der Waals surface area contributed by atoms with Gasteiger partial charge < -0.3 is 4.74 Å². The highest BCUT2D eigenvalue weighted by Crippen LogP contribution is 2.30. The summed E-state index contributed by atoms with van der Waals surface area (Å²) in [4.78, 5) is 0. The molecular weight excluding hydrogens is 124 g/mol. The summed E-state index contributed by atoms with van der Waals surface area (Å²) < 4.78 is 5.20. The third-order valence-corrected chi connectivity index (χ3v) is 2.21. The van der Waals surface area contributed by atoms with Gasteiger partial charge in [-0.05, 0) is 42.9 Å². The number of ether oxygens (including phenoxy) is 1. The van der Waals surface area contributed by atoms with E-state index in [1.807, 2.05) is 6.26 Å². The lowest BCUT2D eigenvalue weighted by atomic mass is 9.89. The van der Waals surface area contributed by atoms with E-state index in [2.05, 4.69) is 6.08 Å². The summed E-state index contributed by atoms with van der Waals surface area (Å²) in [5.74, 6) is 0. The molecule has 0 bridgehead atoms. The molecule has 0 radical (unpaired) electrons. The zero-order valence-electron chi connectivity index (χ0n) is 6.10. The number of fused-ring (bicyclic) bond motifs is 1. The van der Waals surface area contributed by atoms with E-state index >= 15 is 0 Å². The van der Waals surface area contributed by atoms with Gasteiger partial charge in [0.15, 0.2) is 0 Å². The van der Waals surface area contributed by atoms with Crippen LogP contribution in [0.1, 0.15) is 25.7 Å². The van der Waals surface area contributed by atoms with Gasteiger partial charge in [0.1, 0.15) is 6.61 Å². The topological polar surface area (TPSA) is 9.23 Å². The zero-order valence-corrected chi connectivity index (χ0v) is 6.10. The van der Waals surface area contributed by atoms with Gasteiger partial charge in [-0.2, -0.15) is 0 Å². The van der Waals surface area contributed by atoms with Crippen molar-refractivity contribution in [2.45, 2.75) is 25.7 Å². The summed E-state index contributed by atoms with van der Waals surface area (Å²) in [6, 6.07) is 0. The van der Waals surface area contributed by atoms with E-state index in [1.165, 1.54) is 36.8 Å². The largest absolute Gasteiger partial charge is 0.497 e. The lowest BCUT2D eigenvalue weighted by Crippen LogP contribution is -2.04. The van der Waals surface area contributed by atoms with Crippen molar-refractivity contribution in [3.05, 3.63) is 23.5 Å². The van der Waals surface area contributed by atoms with Crippen molar-refractivity contribution in [1.82, 2.24) is 0 Å². The number of hydrogen-bond acceptors (Lipinski definition) is 1. The van der Waals surface area contributed by atoms with Crippen LogP contribution in [0, 0.1) is 0 Å². The highest BCUT2D eigenvalue weighted by atomic mass is 16.5. The fraction of sp³-hybridized carbons (Fsp3) is 0.556. The lowest BCUT2D eigenvalue weighted by Gasteiger charge is -2.20. The molecule has 0 spiro atoms. The van der Waals surface area contributed by atoms with Crippen LogP contribution in [-0.4, -0.2) is 6.61 Å². The molecule has 1 saturated carbocycles. The van der Waals surface area contributed by atoms with Gasteiger partial charge in [0.25, 0.3) is 0 Å². The molecular formula is C9H12O. The Balaban J connectivity index is 2.19. The van der Waals surface area contributed by atoms with Crippen LogP contribution in [0.4, 0.5) is 0 Å². The van der Waals surface area contributed by atoms with Gasteiger partial charge in [-0.3, -0.25) is 0 Å². The minimum absolute atomic E-state index is 0.791. The molecule has 1 heterocycles. The predicted molar refractivity (Wildman–Crippen MR) is 40.6 cm³/mol. The average Bonchev–Trinajstić information content (AvgIpc) is 2.05. The third kappa shape index (κ3) is 0.962. The Kier molecular flexibility index (Phi) is 1.50. The Labute approximate surface area is 61.4 Å². The van der Waals surface area contributed by atoms with E-state index in [1.54, 1.807) is 0 Å². The molecule has 2 rings (SSSR count). The first kappa shape index (κ1) is 6.02. The number of allylic oxidation sites excluding steroid dienone is 2. The SMILES string of the molecule is C1=C2CCCCC2=COC1. The summed E-state index contributed by atoms with van der Waals surface area (Å²) in [5, 5.41) is 0. The van der Waals surface area contributed by atoms with Crippen molar-refractivity contribution in [1.29, 1.82) is 0 Å². The van der Waals surface area contributed by atoms with Gasteiger partial charge in [-0.25, -0.2) is 0 Å². The van der Waals surface area contributed by atoms with Crippen LogP contribution in [0.25, 0.3) is 0 Å². The van der Waals surface area contributed by atoms with Crippen molar-refractivity contribution in [3.63, 3.8) is 0 Å². The van der Waals surface area contributed by atoms with E-state index in [0.717, 1.165) is 6.61 Å². The Morgan fingerprint density at radius 2 is 1.90 bits per heavy atom. The Hall–Kier alpha value is -0.720. The third-order valence-electron chi connectivity index (χ3n) is 2.21. The number of rotatable bonds is 0. The van der Waals surface area contributed by atoms with Crippen LogP contribution in [0.3, 0.4) is 0 Å². The van der Waals surface area contributed by atoms with Gasteiger partial charge in [-0.15, -0.1) is 0 Å². The molecule has 2 aliphatic rings. The molecule has 54 valence electrons. The van der Waals surface area contributed by atoms with Crippen LogP contribution in [-0.2, 0) is 4.74 Å². The molecule has 10 heavy (non-hydrogen) atoms. The van der Waals surface area contributed by atoms with Gasteiger partial charge in [0.05, 0.1) is 6.26 Å². The maximum absolute atomic E-state index is 5.20. The highest BCUT2D eigenvalue weighted by Gasteiger charge is 2.13. The molecule has 1 fully saturated rings. The molecule has 1 aliphatic carbocycles. The van der Waals surface area contributed by atoms with Crippen molar-refractivity contribution in [3.8, 4) is 0 Å². The molecule has 0 aromatic rings. The van der Waals surface area contributed by atoms with Gasteiger partial charge in [0.2, 0.25) is 0 Å². The molecule has 0 unspecified atom stereocenters. The van der Waals surface area contributed by atoms with Crippen LogP contribution in [0.2, 0.25) is 0 Å². The highest BCUT2D eigenvalue weighted by molar-refractivity contribution is 5.33. The molecule has 0 N–H and O–H groups in total. The maximum atomic E-state index is 5.20. The second-order valence-corrected chi connectivity index (χ2v) is 2.91. The fourth-order valence-corrected chi connectivity index (χ4v) is 1.62. The van der Waals surface area contributed by atoms with Crippen LogP contribution < -0.4 is 0 Å². The average molecular weight is 136 g/mol. The fourth-order valence-electron chi connectivity index (χ4n) is 1.62. The zero-order chi connectivity index (χ0) is 6.81. The normalized spacial score (nSPS) is 24.0. The smallest absolute Gasteiger partial charge is 0.106 e. The van der Waals surface area contributed by atoms with Crippen LogP contribution in [0.15, 0.2) is 23.5 Å². The van der Waals surface area contributed by atoms with Crippen molar-refractivity contribution < 1.29 is 4.74 Å². The monoisotopic (exact) mass is 136 g/mol. The summed E-state index contributed by atoms with van der Waals surface area (Å²) in [6.07, 6.45) is 9.36. The van der Waals surface area contributed by atoms with Gasteiger partial charge in [-0.1, -0.05) is 0 Å². The first-order chi connectivity index (χ1) is 4.97. The molecule has 1 heteroatoms. The van der Waals surface area contributed by atoms with E-state index in [-0.39, 0.29) is 0 Å². The van der Waals surface area contributed by atoms with E-state index in [0.29, 0.717) is 0 Å². The van der Waals surface area contributed by atoms with Gasteiger partial charge in [0, 0.05) is 0 Å². The van der Waals surface area contributed by atoms with E-state index in [9.17, 15) is 0 Å². The summed E-state index contributed by atoms with van der Waals surface area (Å²) in [5.41, 5.74) is 2.98. The van der Waals surface area contributed by atoms with Crippen LogP contribution in [0.5, 0.6) is 0 Å². The minimum atomic E-state index is 0.791. The molecule has 1 nitrogen and oxygen atoms in total. The molecule has 0 aromatic heterocycles. The lowest BCUT2D eigenvalue weighted by molar-refractivity contribution is 0.276. The molecule has 0 saturated heterocycles. The predicted octanol–water partition coefficient (Wildman–Crippen LogP) is 2.40. The first-order valence-corrected chi connectivity index (χ1v) is 3.97. The maximum Gasteiger partial charge on any atom is 0.106 e. The molecule has 0 atom stereocenters. The van der Waals surface area contributed by atoms with Crippen molar-refractivity contribution >= 4 is 0 Å². The van der Waals surface area contributed by atoms with Crippen LogP contribution >= 0.6 is 0 Å². The summed E-state index contributed by atoms with van der Waals surface area (Å²) in [7, 11) is 0. The summed E-state index contributed by atoms with van der Waals surface area (Å²) in [6.45, 7) is 0.791. The Morgan fingerprint density at radius 1 is 1.10 bits per heavy atom.